The third-order valence-electron chi connectivity index (χ3n) is 8.13. The van der Waals surface area contributed by atoms with Gasteiger partial charge in [-0.1, -0.05) is 35.5 Å². The van der Waals surface area contributed by atoms with Gasteiger partial charge in [0, 0.05) is 26.1 Å². The number of nitrogens with zero attached hydrogens (tertiary/aromatic N) is 4. The third-order valence-corrected chi connectivity index (χ3v) is 9.98. The van der Waals surface area contributed by atoms with E-state index in [4.69, 9.17) is 14.2 Å². The summed E-state index contributed by atoms with van der Waals surface area (Å²) < 4.78 is 48.0. The number of aromatic nitrogens is 3. The zero-order valence-corrected chi connectivity index (χ0v) is 29.4. The van der Waals surface area contributed by atoms with Gasteiger partial charge in [-0.25, -0.2) is 17.9 Å². The van der Waals surface area contributed by atoms with Crippen LogP contribution in [0.1, 0.15) is 68.7 Å². The molecule has 1 amide bonds. The molecule has 0 aliphatic carbocycles. The first kappa shape index (κ1) is 35.6. The number of ether oxygens (including phenoxy) is 3. The van der Waals surface area contributed by atoms with Crippen LogP contribution in [-0.2, 0) is 39.6 Å². The Morgan fingerprint density at radius 1 is 1.10 bits per heavy atom. The monoisotopic (exact) mass is 693 g/mol. The van der Waals surface area contributed by atoms with E-state index in [9.17, 15) is 23.1 Å². The van der Waals surface area contributed by atoms with E-state index in [2.05, 4.69) is 15.6 Å². The molecule has 262 valence electrons. The fourth-order valence-electron chi connectivity index (χ4n) is 5.98. The molecule has 0 fully saturated rings. The van der Waals surface area contributed by atoms with E-state index < -0.39 is 39.7 Å². The Kier molecular flexibility index (Phi) is 10.5. The number of benzene rings is 3. The first-order valence-electron chi connectivity index (χ1n) is 16.1. The summed E-state index contributed by atoms with van der Waals surface area (Å²) in [4.78, 5) is 24.1. The van der Waals surface area contributed by atoms with Crippen LogP contribution in [0.25, 0.3) is 11.0 Å². The summed E-state index contributed by atoms with van der Waals surface area (Å²) in [5, 5.41) is 20.9. The van der Waals surface area contributed by atoms with E-state index in [-0.39, 0.29) is 30.2 Å². The molecule has 0 saturated carbocycles. The Morgan fingerprint density at radius 2 is 1.88 bits per heavy atom. The molecule has 1 aliphatic heterocycles. The van der Waals surface area contributed by atoms with Gasteiger partial charge in [-0.15, -0.1) is 5.10 Å². The van der Waals surface area contributed by atoms with Crippen LogP contribution in [0.2, 0.25) is 0 Å². The number of carboxylic acid groups (broad SMARTS) is 1. The fourth-order valence-corrected chi connectivity index (χ4v) is 7.59. The van der Waals surface area contributed by atoms with Crippen LogP contribution in [0.5, 0.6) is 11.5 Å². The number of aryl methyl sites for hydroxylation is 2. The van der Waals surface area contributed by atoms with E-state index >= 15 is 0 Å². The van der Waals surface area contributed by atoms with Gasteiger partial charge in [0.15, 0.2) is 0 Å². The van der Waals surface area contributed by atoms with Gasteiger partial charge in [-0.2, -0.15) is 4.31 Å². The SMILES string of the molecule is COc1cc(C(CC(=O)O)c2cccc(CN3C[C@@H](C)Oc4cc(CCCNC(=O)OC(C)(C)C)ccc4S3(=O)=O)c2)cc2nnn(C)c12. The number of sulfonamides is 1. The van der Waals surface area contributed by atoms with Gasteiger partial charge in [0.25, 0.3) is 0 Å². The van der Waals surface area contributed by atoms with Crippen LogP contribution < -0.4 is 14.8 Å². The number of fused-ring (bicyclic) bond motifs is 2. The van der Waals surface area contributed by atoms with Crippen LogP contribution in [0.4, 0.5) is 4.79 Å². The lowest BCUT2D eigenvalue weighted by molar-refractivity contribution is -0.137. The Hall–Kier alpha value is -4.69. The van der Waals surface area contributed by atoms with Crippen molar-refractivity contribution in [1.82, 2.24) is 24.6 Å². The second kappa shape index (κ2) is 14.4. The normalized spacial score (nSPS) is 16.7. The summed E-state index contributed by atoms with van der Waals surface area (Å²) in [7, 11) is -0.657. The molecule has 1 aliphatic rings. The maximum Gasteiger partial charge on any atom is 0.407 e. The van der Waals surface area contributed by atoms with Crippen molar-refractivity contribution in [3.05, 3.63) is 76.9 Å². The zero-order valence-electron chi connectivity index (χ0n) is 28.6. The number of carboxylic acids is 1. The molecule has 5 rings (SSSR count). The van der Waals surface area contributed by atoms with Crippen LogP contribution in [0, 0.1) is 0 Å². The van der Waals surface area contributed by atoms with Crippen LogP contribution in [0.3, 0.4) is 0 Å². The number of nitrogens with one attached hydrogen (secondary N) is 1. The second-order valence-electron chi connectivity index (χ2n) is 13.2. The molecular weight excluding hydrogens is 650 g/mol. The summed E-state index contributed by atoms with van der Waals surface area (Å²) in [6.07, 6.45) is 0.117. The first-order valence-corrected chi connectivity index (χ1v) is 17.5. The van der Waals surface area contributed by atoms with Gasteiger partial charge in [-0.05, 0) is 87.1 Å². The van der Waals surface area contributed by atoms with E-state index in [0.717, 1.165) is 5.56 Å². The number of aliphatic carboxylic acids is 1. The standard InChI is InChI=1S/C35H43N5O8S/c1-22-20-40(49(44,45)31-13-12-23(16-29(31)47-22)10-8-14-36-34(43)48-35(2,3)4)21-24-9-7-11-25(15-24)27(19-32(41)42)26-17-28-33(30(18-26)46-6)39(5)38-37-28/h7,9,11-13,15-18,22,27H,8,10,14,19-21H2,1-6H3,(H,36,43)(H,41,42)/t22-,27?/m1/s1. The van der Waals surface area contributed by atoms with E-state index in [1.807, 2.05) is 31.2 Å². The van der Waals surface area contributed by atoms with E-state index in [0.29, 0.717) is 52.9 Å². The number of amides is 1. The minimum absolute atomic E-state index is 0.0632. The van der Waals surface area contributed by atoms with Crippen LogP contribution in [-0.4, -0.2) is 76.8 Å². The van der Waals surface area contributed by atoms with Crippen molar-refractivity contribution in [2.45, 2.75) is 76.0 Å². The number of rotatable bonds is 11. The lowest BCUT2D eigenvalue weighted by atomic mass is 9.87. The van der Waals surface area contributed by atoms with E-state index in [1.165, 1.54) is 11.4 Å². The van der Waals surface area contributed by atoms with Crippen molar-refractivity contribution in [1.29, 1.82) is 0 Å². The molecular formula is C35H43N5O8S. The quantitative estimate of drug-likeness (QED) is 0.204. The average Bonchev–Trinajstić information content (AvgIpc) is 3.36. The van der Waals surface area contributed by atoms with Crippen molar-refractivity contribution in [2.75, 3.05) is 20.2 Å². The summed E-state index contributed by atoms with van der Waals surface area (Å²) in [6.45, 7) is 7.82. The predicted molar refractivity (Wildman–Crippen MR) is 182 cm³/mol. The molecule has 1 aromatic heterocycles. The summed E-state index contributed by atoms with van der Waals surface area (Å²) in [5.41, 5.74) is 3.68. The number of carbonyl (C=O) groups is 2. The van der Waals surface area contributed by atoms with E-state index in [1.54, 1.807) is 62.8 Å². The van der Waals surface area contributed by atoms with Gasteiger partial charge >= 0.3 is 12.1 Å². The summed E-state index contributed by atoms with van der Waals surface area (Å²) in [6, 6.07) is 16.0. The molecule has 0 spiro atoms. The molecule has 4 aromatic rings. The maximum absolute atomic E-state index is 14.0. The first-order chi connectivity index (χ1) is 23.1. The van der Waals surface area contributed by atoms with Crippen molar-refractivity contribution < 1.29 is 37.3 Å². The highest BCUT2D eigenvalue weighted by atomic mass is 32.2. The summed E-state index contributed by atoms with van der Waals surface area (Å²) >= 11 is 0. The van der Waals surface area contributed by atoms with Gasteiger partial charge in [-0.3, -0.25) is 4.79 Å². The highest BCUT2D eigenvalue weighted by molar-refractivity contribution is 7.89. The number of hydrogen-bond acceptors (Lipinski definition) is 9. The van der Waals surface area contributed by atoms with Gasteiger partial charge in [0.1, 0.15) is 39.1 Å². The second-order valence-corrected chi connectivity index (χ2v) is 15.1. The highest BCUT2D eigenvalue weighted by Crippen LogP contribution is 2.36. The molecule has 0 saturated heterocycles. The van der Waals surface area contributed by atoms with Crippen molar-refractivity contribution in [3.63, 3.8) is 0 Å². The van der Waals surface area contributed by atoms with Crippen molar-refractivity contribution in [3.8, 4) is 11.5 Å². The van der Waals surface area contributed by atoms with Crippen molar-refractivity contribution in [2.24, 2.45) is 7.05 Å². The van der Waals surface area contributed by atoms with Gasteiger partial charge in [0.2, 0.25) is 10.0 Å². The molecule has 49 heavy (non-hydrogen) atoms. The third kappa shape index (κ3) is 8.49. The lowest BCUT2D eigenvalue weighted by Gasteiger charge is -2.23. The number of carbonyl (C=O) groups excluding carboxylic acids is 1. The zero-order chi connectivity index (χ0) is 35.5. The minimum Gasteiger partial charge on any atom is -0.494 e. The molecule has 2 heterocycles. The highest BCUT2D eigenvalue weighted by Gasteiger charge is 2.34. The van der Waals surface area contributed by atoms with Crippen molar-refractivity contribution >= 4 is 33.1 Å². The summed E-state index contributed by atoms with van der Waals surface area (Å²) in [5.74, 6) is -0.726. The Morgan fingerprint density at radius 3 is 2.59 bits per heavy atom. The topological polar surface area (TPSA) is 162 Å². The van der Waals surface area contributed by atoms with Gasteiger partial charge in [0.05, 0.1) is 20.1 Å². The molecule has 0 bridgehead atoms. The number of hydrogen-bond donors (Lipinski definition) is 2. The Bertz CT molecular complexity index is 1950. The molecule has 2 N–H and O–H groups in total. The van der Waals surface area contributed by atoms with Crippen LogP contribution >= 0.6 is 0 Å². The molecule has 1 unspecified atom stereocenters. The Labute approximate surface area is 286 Å². The number of alkyl carbamates (subject to hydrolysis) is 1. The smallest absolute Gasteiger partial charge is 0.407 e. The molecule has 3 aromatic carbocycles. The van der Waals surface area contributed by atoms with Gasteiger partial charge < -0.3 is 24.6 Å². The largest absolute Gasteiger partial charge is 0.494 e. The average molecular weight is 694 g/mol. The maximum atomic E-state index is 14.0. The van der Waals surface area contributed by atoms with Crippen LogP contribution in [0.15, 0.2) is 59.5 Å². The lowest BCUT2D eigenvalue weighted by Crippen LogP contribution is -2.35. The molecule has 0 radical (unpaired) electrons. The molecule has 2 atom stereocenters. The molecule has 13 nitrogen and oxygen atoms in total. The molecule has 14 heteroatoms. The predicted octanol–water partition coefficient (Wildman–Crippen LogP) is 5.01. The fraction of sp³-hybridized carbons (Fsp3) is 0.429. The Balaban J connectivity index is 1.35. The number of methoxy groups -OCH3 is 1. The minimum atomic E-state index is -3.95.